The maximum atomic E-state index is 16.0. The Morgan fingerprint density at radius 1 is 0.875 bits per heavy atom. The van der Waals surface area contributed by atoms with E-state index in [2.05, 4.69) is 55.1 Å². The molecule has 0 spiro atoms. The number of carbonyl (C=O) groups is 4. The summed E-state index contributed by atoms with van der Waals surface area (Å²) in [5, 5.41) is 21.1. The van der Waals surface area contributed by atoms with Gasteiger partial charge in [0.25, 0.3) is 11.8 Å². The van der Waals surface area contributed by atoms with Crippen molar-refractivity contribution in [1.29, 1.82) is 0 Å². The Bertz CT molecular complexity index is 2530. The highest BCUT2D eigenvalue weighted by Crippen LogP contribution is 2.39. The number of halogens is 1. The summed E-state index contributed by atoms with van der Waals surface area (Å²) in [6.07, 6.45) is 8.77. The van der Waals surface area contributed by atoms with Crippen molar-refractivity contribution < 1.29 is 28.7 Å². The number of aliphatic hydroxyl groups excluding tert-OH is 1. The van der Waals surface area contributed by atoms with Gasteiger partial charge in [-0.25, -0.2) is 14.4 Å². The fourth-order valence-electron chi connectivity index (χ4n) is 10.3. The summed E-state index contributed by atoms with van der Waals surface area (Å²) >= 11 is 1.28. The molecule has 0 radical (unpaired) electrons. The lowest BCUT2D eigenvalue weighted by atomic mass is 9.88. The largest absolute Gasteiger partial charge is 0.378 e. The van der Waals surface area contributed by atoms with Gasteiger partial charge in [-0.1, -0.05) is 36.4 Å². The second-order valence-corrected chi connectivity index (χ2v) is 18.7. The summed E-state index contributed by atoms with van der Waals surface area (Å²) in [6, 6.07) is 18.4. The van der Waals surface area contributed by atoms with Crippen molar-refractivity contribution >= 4 is 45.8 Å². The van der Waals surface area contributed by atoms with Gasteiger partial charge in [0.1, 0.15) is 12.0 Å². The highest BCUT2D eigenvalue weighted by atomic mass is 32.1. The third kappa shape index (κ3) is 8.53. The van der Waals surface area contributed by atoms with Crippen LogP contribution in [0.1, 0.15) is 101 Å². The first-order chi connectivity index (χ1) is 31.1. The Hall–Kier alpha value is -5.97. The lowest BCUT2D eigenvalue weighted by molar-refractivity contribution is -0.133. The number of aliphatic hydroxyl groups is 1. The third-order valence-electron chi connectivity index (χ3n) is 13.9. The minimum Gasteiger partial charge on any atom is -0.378 e. The Balaban J connectivity index is 0.721. The lowest BCUT2D eigenvalue weighted by Crippen LogP contribution is -2.51. The number of hydrogen-bond donors (Lipinski definition) is 4. The van der Waals surface area contributed by atoms with E-state index in [-0.39, 0.29) is 35.5 Å². The molecule has 3 aromatic carbocycles. The topological polar surface area (TPSA) is 165 Å². The molecule has 0 aliphatic carbocycles. The predicted octanol–water partition coefficient (Wildman–Crippen LogP) is 6.02. The van der Waals surface area contributed by atoms with E-state index in [0.717, 1.165) is 75.1 Å². The summed E-state index contributed by atoms with van der Waals surface area (Å²) in [5.41, 5.74) is 6.70. The van der Waals surface area contributed by atoms with Gasteiger partial charge in [0.2, 0.25) is 11.8 Å². The number of hydrogen-bond acceptors (Lipinski definition) is 10. The molecule has 14 nitrogen and oxygen atoms in total. The molecule has 4 amide bonds. The monoisotopic (exact) mass is 885 g/mol. The molecule has 332 valence electrons. The molecule has 3 fully saturated rings. The quantitative estimate of drug-likeness (QED) is 0.124. The van der Waals surface area contributed by atoms with E-state index in [9.17, 15) is 24.3 Å². The average Bonchev–Trinajstić information content (AvgIpc) is 4.14. The van der Waals surface area contributed by atoms with Crippen molar-refractivity contribution in [3.05, 3.63) is 118 Å². The number of nitrogens with zero attached hydrogens (tertiary/aromatic N) is 6. The van der Waals surface area contributed by atoms with Crippen LogP contribution in [0.15, 0.2) is 78.6 Å². The van der Waals surface area contributed by atoms with Crippen LogP contribution < -0.4 is 16.0 Å². The zero-order chi connectivity index (χ0) is 43.9. The molecule has 3 saturated heterocycles. The second-order valence-electron chi connectivity index (χ2n) is 17.8. The van der Waals surface area contributed by atoms with Crippen LogP contribution in [0.3, 0.4) is 0 Å². The lowest BCUT2D eigenvalue weighted by Gasteiger charge is -2.36. The molecule has 0 bridgehead atoms. The van der Waals surface area contributed by atoms with E-state index in [4.69, 9.17) is 0 Å². The summed E-state index contributed by atoms with van der Waals surface area (Å²) in [5.74, 6) is -0.555. The number of aryl methyl sites for hydroxylation is 1. The zero-order valence-corrected chi connectivity index (χ0v) is 36.4. The highest BCUT2D eigenvalue weighted by Gasteiger charge is 2.42. The number of nitrogens with one attached hydrogen (secondary N) is 3. The molecule has 3 atom stereocenters. The van der Waals surface area contributed by atoms with Gasteiger partial charge in [0, 0.05) is 60.1 Å². The summed E-state index contributed by atoms with van der Waals surface area (Å²) in [7, 11) is 0. The van der Waals surface area contributed by atoms with Crippen molar-refractivity contribution in [1.82, 2.24) is 34.6 Å². The molecular weight excluding hydrogens is 834 g/mol. The van der Waals surface area contributed by atoms with Crippen LogP contribution >= 0.6 is 11.3 Å². The van der Waals surface area contributed by atoms with Crippen LogP contribution in [0.5, 0.6) is 0 Å². The van der Waals surface area contributed by atoms with E-state index >= 15 is 4.39 Å². The van der Waals surface area contributed by atoms with Crippen LogP contribution in [0.25, 0.3) is 11.1 Å². The number of imidazole rings is 1. The van der Waals surface area contributed by atoms with Crippen molar-refractivity contribution in [2.24, 2.45) is 0 Å². The van der Waals surface area contributed by atoms with Crippen molar-refractivity contribution in [3.8, 4) is 11.1 Å². The molecule has 10 rings (SSSR count). The third-order valence-corrected chi connectivity index (χ3v) is 14.6. The van der Waals surface area contributed by atoms with E-state index < -0.39 is 29.9 Å². The summed E-state index contributed by atoms with van der Waals surface area (Å²) < 4.78 is 18.0. The Morgan fingerprint density at radius 2 is 1.59 bits per heavy atom. The first-order valence-corrected chi connectivity index (χ1v) is 23.3. The Labute approximate surface area is 374 Å². The summed E-state index contributed by atoms with van der Waals surface area (Å²) in [6.45, 7) is 4.31. The number of benzene rings is 3. The molecule has 2 unspecified atom stereocenters. The zero-order valence-electron chi connectivity index (χ0n) is 35.5. The highest BCUT2D eigenvalue weighted by molar-refractivity contribution is 7.13. The standard InChI is InChI=1S/C48H52FN9O5S/c49-38-25-34(24-36-37(38)26-58(47(36)63)44(46(62)54-48-50-17-23-64-48)43-40-2-1-18-57(40)28-51-43)31-5-3-29(4-6-31)33-15-21-56(22-16-33)42(60)27-55-19-13-32(14-20-55)30-7-9-35(10-8-30)52-39-11-12-41(59)53-45(39)61/h3-10,17,23-25,28,32-33,39,44-45,52,61H,1-2,11-16,18-22,26-27H2,(H,53,59)(H,50,54,62)/t39-,44?,45?/m1/s1. The van der Waals surface area contributed by atoms with Crippen molar-refractivity contribution in [2.75, 3.05) is 43.4 Å². The molecule has 5 aliphatic heterocycles. The number of rotatable bonds is 11. The van der Waals surface area contributed by atoms with Crippen LogP contribution in [0.2, 0.25) is 0 Å². The van der Waals surface area contributed by atoms with E-state index in [1.54, 1.807) is 24.0 Å². The van der Waals surface area contributed by atoms with Crippen LogP contribution in [-0.4, -0.2) is 103 Å². The van der Waals surface area contributed by atoms with E-state index in [0.29, 0.717) is 60.7 Å². The Morgan fingerprint density at radius 3 is 2.30 bits per heavy atom. The fourth-order valence-corrected chi connectivity index (χ4v) is 10.8. The molecular formula is C48H52FN9O5S. The van der Waals surface area contributed by atoms with Gasteiger partial charge in [-0.15, -0.1) is 11.3 Å². The van der Waals surface area contributed by atoms with Gasteiger partial charge < -0.3 is 30.1 Å². The van der Waals surface area contributed by atoms with Crippen LogP contribution in [0.4, 0.5) is 15.2 Å². The number of carbonyl (C=O) groups excluding carboxylic acids is 4. The van der Waals surface area contributed by atoms with Crippen LogP contribution in [0, 0.1) is 5.82 Å². The van der Waals surface area contributed by atoms with Gasteiger partial charge in [-0.2, -0.15) is 0 Å². The minimum absolute atomic E-state index is 0.0472. The normalized spacial score (nSPS) is 21.1. The van der Waals surface area contributed by atoms with Crippen molar-refractivity contribution in [3.63, 3.8) is 0 Å². The molecule has 5 aromatic rings. The number of fused-ring (bicyclic) bond motifs is 2. The van der Waals surface area contributed by atoms with Gasteiger partial charge in [-0.3, -0.25) is 29.4 Å². The number of anilines is 2. The number of amides is 4. The SMILES string of the molecule is O=C1CC[C@@H](Nc2ccc(C3CCN(CC(=O)N4CCC(c5ccc(-c6cc(F)c7c(c6)C(=O)N(C(C(=O)Nc6nccs6)c6ncn8c6CCC8)C7)cc5)CC4)CC3)cc2)C(O)N1. The molecule has 0 saturated carbocycles. The molecule has 4 N–H and O–H groups in total. The minimum atomic E-state index is -1.04. The van der Waals surface area contributed by atoms with Gasteiger partial charge in [-0.05, 0) is 116 Å². The fraction of sp³-hybridized carbons (Fsp3) is 0.417. The second kappa shape index (κ2) is 17.9. The molecule has 5 aliphatic rings. The average molecular weight is 886 g/mol. The smallest absolute Gasteiger partial charge is 0.255 e. The van der Waals surface area contributed by atoms with Gasteiger partial charge in [0.15, 0.2) is 11.2 Å². The van der Waals surface area contributed by atoms with E-state index in [1.807, 2.05) is 33.7 Å². The first kappa shape index (κ1) is 42.0. The number of likely N-dealkylation sites (tertiary alicyclic amines) is 2. The predicted molar refractivity (Wildman–Crippen MR) is 240 cm³/mol. The maximum Gasteiger partial charge on any atom is 0.255 e. The number of thiazole rings is 1. The molecule has 7 heterocycles. The van der Waals surface area contributed by atoms with E-state index in [1.165, 1.54) is 33.4 Å². The first-order valence-electron chi connectivity index (χ1n) is 22.5. The molecule has 2 aromatic heterocycles. The van der Waals surface area contributed by atoms with Crippen molar-refractivity contribution in [2.45, 2.75) is 94.6 Å². The molecule has 16 heteroatoms. The van der Waals surface area contributed by atoms with Gasteiger partial charge in [0.05, 0.1) is 31.2 Å². The number of aromatic nitrogens is 3. The van der Waals surface area contributed by atoms with Crippen LogP contribution in [-0.2, 0) is 33.9 Å². The maximum absolute atomic E-state index is 16.0. The summed E-state index contributed by atoms with van der Waals surface area (Å²) in [4.78, 5) is 67.5. The van der Waals surface area contributed by atoms with Gasteiger partial charge >= 0.3 is 0 Å². The number of piperidine rings is 3. The molecule has 64 heavy (non-hydrogen) atoms. The Kier molecular flexibility index (Phi) is 11.7.